The van der Waals surface area contributed by atoms with Crippen molar-refractivity contribution in [2.24, 2.45) is 0 Å². The van der Waals surface area contributed by atoms with Crippen molar-refractivity contribution in [3.05, 3.63) is 47.0 Å². The van der Waals surface area contributed by atoms with E-state index in [1.54, 1.807) is 12.1 Å². The van der Waals surface area contributed by atoms with Gasteiger partial charge < -0.3 is 21.3 Å². The number of nitrogens with one attached hydrogen (secondary N) is 1. The van der Waals surface area contributed by atoms with E-state index in [4.69, 9.17) is 22.4 Å². The van der Waals surface area contributed by atoms with Gasteiger partial charge in [-0.25, -0.2) is 0 Å². The summed E-state index contributed by atoms with van der Waals surface area (Å²) in [6.07, 6.45) is 0. The maximum Gasteiger partial charge on any atom is 0.259 e. The molecule has 5 N–H and O–H groups in total. The second kappa shape index (κ2) is 5.07. The van der Waals surface area contributed by atoms with E-state index in [0.717, 1.165) is 6.07 Å². The Hall–Kier alpha value is -2.40. The zero-order chi connectivity index (χ0) is 14.0. The van der Waals surface area contributed by atoms with Crippen LogP contribution >= 0.6 is 11.6 Å². The summed E-state index contributed by atoms with van der Waals surface area (Å²) in [6, 6.07) is 8.36. The lowest BCUT2D eigenvalue weighted by Gasteiger charge is -2.09. The number of phenols is 2. The van der Waals surface area contributed by atoms with E-state index < -0.39 is 5.91 Å². The molecule has 2 rings (SSSR count). The first-order valence-corrected chi connectivity index (χ1v) is 5.73. The molecular weight excluding hydrogens is 268 g/mol. The average molecular weight is 279 g/mol. The van der Waals surface area contributed by atoms with Crippen molar-refractivity contribution >= 4 is 28.9 Å². The molecule has 0 saturated carbocycles. The summed E-state index contributed by atoms with van der Waals surface area (Å²) in [5.41, 5.74) is 6.42. The molecule has 19 heavy (non-hydrogen) atoms. The largest absolute Gasteiger partial charge is 0.508 e. The minimum Gasteiger partial charge on any atom is -0.508 e. The number of nitrogen functional groups attached to an aromatic ring is 1. The van der Waals surface area contributed by atoms with E-state index in [9.17, 15) is 9.90 Å². The van der Waals surface area contributed by atoms with Crippen LogP contribution in [0.4, 0.5) is 11.4 Å². The zero-order valence-corrected chi connectivity index (χ0v) is 10.5. The number of amides is 1. The van der Waals surface area contributed by atoms with Crippen molar-refractivity contribution in [2.45, 2.75) is 0 Å². The van der Waals surface area contributed by atoms with Gasteiger partial charge in [-0.15, -0.1) is 0 Å². The standard InChI is InChI=1S/C13H11ClN2O3/c14-10-4-1-7(15)5-11(10)16-13(19)9-3-2-8(17)6-12(9)18/h1-6,17-18H,15H2,(H,16,19). The van der Waals surface area contributed by atoms with Crippen LogP contribution in [0, 0.1) is 0 Å². The van der Waals surface area contributed by atoms with Crippen LogP contribution in [-0.2, 0) is 0 Å². The van der Waals surface area contributed by atoms with Crippen LogP contribution in [0.2, 0.25) is 5.02 Å². The maximum atomic E-state index is 12.0. The Balaban J connectivity index is 2.28. The minimum atomic E-state index is -0.551. The molecule has 0 bridgehead atoms. The minimum absolute atomic E-state index is 0.0243. The van der Waals surface area contributed by atoms with Crippen molar-refractivity contribution in [1.29, 1.82) is 0 Å². The Morgan fingerprint density at radius 1 is 1.16 bits per heavy atom. The number of hydrogen-bond donors (Lipinski definition) is 4. The molecular formula is C13H11ClN2O3. The normalized spacial score (nSPS) is 10.2. The van der Waals surface area contributed by atoms with Gasteiger partial charge in [0.2, 0.25) is 0 Å². The van der Waals surface area contributed by atoms with Gasteiger partial charge in [-0.1, -0.05) is 11.6 Å². The fourth-order valence-corrected chi connectivity index (χ4v) is 1.71. The summed E-state index contributed by atoms with van der Waals surface area (Å²) in [4.78, 5) is 12.0. The summed E-state index contributed by atoms with van der Waals surface area (Å²) in [7, 11) is 0. The number of rotatable bonds is 2. The lowest BCUT2D eigenvalue weighted by atomic mass is 10.1. The predicted octanol–water partition coefficient (Wildman–Crippen LogP) is 2.59. The molecule has 0 spiro atoms. The topological polar surface area (TPSA) is 95.6 Å². The van der Waals surface area contributed by atoms with E-state index in [1.165, 1.54) is 18.2 Å². The second-order valence-electron chi connectivity index (χ2n) is 3.89. The molecule has 98 valence electrons. The van der Waals surface area contributed by atoms with Gasteiger partial charge in [-0.05, 0) is 30.3 Å². The van der Waals surface area contributed by atoms with Gasteiger partial charge in [0.15, 0.2) is 0 Å². The highest BCUT2D eigenvalue weighted by Crippen LogP contribution is 2.27. The molecule has 2 aromatic carbocycles. The molecule has 5 nitrogen and oxygen atoms in total. The number of carbonyl (C=O) groups is 1. The van der Waals surface area contributed by atoms with E-state index >= 15 is 0 Å². The molecule has 0 aliphatic heterocycles. The Kier molecular flexibility index (Phi) is 3.48. The van der Waals surface area contributed by atoms with E-state index in [1.807, 2.05) is 0 Å². The third-order valence-electron chi connectivity index (χ3n) is 2.46. The number of nitrogens with two attached hydrogens (primary N) is 1. The molecule has 0 atom stereocenters. The first-order valence-electron chi connectivity index (χ1n) is 5.36. The molecule has 6 heteroatoms. The maximum absolute atomic E-state index is 12.0. The van der Waals surface area contributed by atoms with Gasteiger partial charge in [0.1, 0.15) is 11.5 Å². The first-order chi connectivity index (χ1) is 8.97. The summed E-state index contributed by atoms with van der Waals surface area (Å²) in [6.45, 7) is 0. The number of phenolic OH excluding ortho intramolecular Hbond substituents is 2. The molecule has 0 radical (unpaired) electrons. The van der Waals surface area contributed by atoms with Gasteiger partial charge in [-0.2, -0.15) is 0 Å². The second-order valence-corrected chi connectivity index (χ2v) is 4.30. The highest BCUT2D eigenvalue weighted by atomic mass is 35.5. The summed E-state index contributed by atoms with van der Waals surface area (Å²) >= 11 is 5.92. The van der Waals surface area contributed by atoms with Crippen LogP contribution in [0.3, 0.4) is 0 Å². The van der Waals surface area contributed by atoms with Crippen LogP contribution < -0.4 is 11.1 Å². The van der Waals surface area contributed by atoms with Crippen LogP contribution in [0.1, 0.15) is 10.4 Å². The number of aromatic hydroxyl groups is 2. The SMILES string of the molecule is Nc1ccc(Cl)c(NC(=O)c2ccc(O)cc2O)c1. The van der Waals surface area contributed by atoms with Gasteiger partial charge in [0, 0.05) is 11.8 Å². The quantitative estimate of drug-likeness (QED) is 0.635. The van der Waals surface area contributed by atoms with E-state index in [-0.39, 0.29) is 17.1 Å². The zero-order valence-electron chi connectivity index (χ0n) is 9.72. The molecule has 0 aliphatic rings. The lowest BCUT2D eigenvalue weighted by molar-refractivity contribution is 0.102. The average Bonchev–Trinajstić information content (AvgIpc) is 2.33. The molecule has 0 unspecified atom stereocenters. The van der Waals surface area contributed by atoms with Crippen molar-refractivity contribution in [3.8, 4) is 11.5 Å². The number of halogens is 1. The Morgan fingerprint density at radius 3 is 2.58 bits per heavy atom. The number of carbonyl (C=O) groups excluding carboxylic acids is 1. The van der Waals surface area contributed by atoms with Crippen molar-refractivity contribution in [2.75, 3.05) is 11.1 Å². The Labute approximate surface area is 114 Å². The van der Waals surface area contributed by atoms with Crippen LogP contribution in [0.15, 0.2) is 36.4 Å². The summed E-state index contributed by atoms with van der Waals surface area (Å²) < 4.78 is 0. The molecule has 0 aromatic heterocycles. The monoisotopic (exact) mass is 278 g/mol. The Morgan fingerprint density at radius 2 is 1.89 bits per heavy atom. The van der Waals surface area contributed by atoms with E-state index in [0.29, 0.717) is 16.4 Å². The van der Waals surface area contributed by atoms with E-state index in [2.05, 4.69) is 5.32 Å². The molecule has 0 fully saturated rings. The summed E-state index contributed by atoms with van der Waals surface area (Å²) in [5.74, 6) is -1.00. The van der Waals surface area contributed by atoms with Crippen LogP contribution in [-0.4, -0.2) is 16.1 Å². The highest BCUT2D eigenvalue weighted by molar-refractivity contribution is 6.34. The van der Waals surface area contributed by atoms with Crippen LogP contribution in [0.5, 0.6) is 11.5 Å². The van der Waals surface area contributed by atoms with Crippen LogP contribution in [0.25, 0.3) is 0 Å². The Bertz CT molecular complexity index is 644. The molecule has 0 aliphatic carbocycles. The van der Waals surface area contributed by atoms with Crippen molar-refractivity contribution < 1.29 is 15.0 Å². The van der Waals surface area contributed by atoms with Gasteiger partial charge in [0.25, 0.3) is 5.91 Å². The molecule has 1 amide bonds. The van der Waals surface area contributed by atoms with Crippen molar-refractivity contribution in [1.82, 2.24) is 0 Å². The summed E-state index contributed by atoms with van der Waals surface area (Å²) in [5, 5.41) is 21.6. The molecule has 0 heterocycles. The van der Waals surface area contributed by atoms with Gasteiger partial charge in [-0.3, -0.25) is 4.79 Å². The number of anilines is 2. The number of benzene rings is 2. The third-order valence-corrected chi connectivity index (χ3v) is 2.79. The lowest BCUT2D eigenvalue weighted by Crippen LogP contribution is -2.12. The smallest absolute Gasteiger partial charge is 0.259 e. The van der Waals surface area contributed by atoms with Gasteiger partial charge in [0.05, 0.1) is 16.3 Å². The fourth-order valence-electron chi connectivity index (χ4n) is 1.54. The van der Waals surface area contributed by atoms with Gasteiger partial charge >= 0.3 is 0 Å². The third kappa shape index (κ3) is 2.89. The number of hydrogen-bond acceptors (Lipinski definition) is 4. The fraction of sp³-hybridized carbons (Fsp3) is 0. The molecule has 0 saturated heterocycles. The molecule has 2 aromatic rings. The first kappa shape index (κ1) is 13.0. The highest BCUT2D eigenvalue weighted by Gasteiger charge is 2.13. The van der Waals surface area contributed by atoms with Crippen molar-refractivity contribution in [3.63, 3.8) is 0 Å². The predicted molar refractivity (Wildman–Crippen MR) is 73.6 cm³/mol.